The van der Waals surface area contributed by atoms with E-state index in [0.29, 0.717) is 5.70 Å². The summed E-state index contributed by atoms with van der Waals surface area (Å²) in [6.45, 7) is 5.21. The van der Waals surface area contributed by atoms with E-state index in [1.54, 1.807) is 19.2 Å². The maximum atomic E-state index is 12.6. The Bertz CT molecular complexity index is 356. The zero-order chi connectivity index (χ0) is 10.7. The molecule has 74 valence electrons. The Hall–Kier alpha value is -1.64. The summed E-state index contributed by atoms with van der Waals surface area (Å²) in [5.74, 6) is -0.397. The molecular weight excluding hydrogens is 181 g/mol. The van der Waals surface area contributed by atoms with Gasteiger partial charge in [0.2, 0.25) is 5.91 Å². The van der Waals surface area contributed by atoms with Gasteiger partial charge in [0.15, 0.2) is 0 Å². The van der Waals surface area contributed by atoms with Crippen LogP contribution in [0.4, 0.5) is 4.39 Å². The van der Waals surface area contributed by atoms with Gasteiger partial charge in [-0.1, -0.05) is 18.7 Å². The second kappa shape index (κ2) is 4.05. The Labute approximate surface area is 82.7 Å². The van der Waals surface area contributed by atoms with Crippen molar-refractivity contribution in [3.05, 3.63) is 42.2 Å². The van der Waals surface area contributed by atoms with Crippen molar-refractivity contribution in [1.29, 1.82) is 0 Å². The van der Waals surface area contributed by atoms with Gasteiger partial charge in [-0.15, -0.1) is 0 Å². The van der Waals surface area contributed by atoms with Crippen LogP contribution in [0, 0.1) is 5.82 Å². The summed E-state index contributed by atoms with van der Waals surface area (Å²) >= 11 is 0. The number of halogens is 1. The molecule has 0 N–H and O–H groups in total. The van der Waals surface area contributed by atoms with E-state index in [0.717, 1.165) is 5.56 Å². The maximum absolute atomic E-state index is 12.6. The number of amides is 1. The monoisotopic (exact) mass is 193 g/mol. The van der Waals surface area contributed by atoms with Gasteiger partial charge >= 0.3 is 0 Å². The van der Waals surface area contributed by atoms with Crippen molar-refractivity contribution < 1.29 is 9.18 Å². The maximum Gasteiger partial charge on any atom is 0.223 e. The SMILES string of the molecule is C=C(c1ccc(F)cc1)N(C)C(C)=O. The van der Waals surface area contributed by atoms with Crippen LogP contribution in [0.15, 0.2) is 30.8 Å². The minimum Gasteiger partial charge on any atom is -0.316 e. The van der Waals surface area contributed by atoms with Crippen LogP contribution in [0.25, 0.3) is 5.70 Å². The summed E-state index contributed by atoms with van der Waals surface area (Å²) < 4.78 is 12.6. The number of carbonyl (C=O) groups is 1. The molecular formula is C11H12FNO. The van der Waals surface area contributed by atoms with Crippen molar-refractivity contribution in [2.24, 2.45) is 0 Å². The molecule has 14 heavy (non-hydrogen) atoms. The molecule has 1 aromatic rings. The van der Waals surface area contributed by atoms with Crippen LogP contribution in [0.2, 0.25) is 0 Å². The minimum absolute atomic E-state index is 0.0978. The van der Waals surface area contributed by atoms with E-state index >= 15 is 0 Å². The van der Waals surface area contributed by atoms with E-state index in [9.17, 15) is 9.18 Å². The summed E-state index contributed by atoms with van der Waals surface area (Å²) in [4.78, 5) is 12.4. The lowest BCUT2D eigenvalue weighted by Gasteiger charge is -2.17. The first-order valence-electron chi connectivity index (χ1n) is 4.21. The normalized spacial score (nSPS) is 9.64. The van der Waals surface area contributed by atoms with E-state index in [2.05, 4.69) is 6.58 Å². The van der Waals surface area contributed by atoms with Gasteiger partial charge in [-0.05, 0) is 17.7 Å². The molecule has 0 aliphatic heterocycles. The summed E-state index contributed by atoms with van der Waals surface area (Å²) in [7, 11) is 1.63. The molecule has 0 bridgehead atoms. The number of rotatable bonds is 2. The van der Waals surface area contributed by atoms with Crippen molar-refractivity contribution in [3.63, 3.8) is 0 Å². The van der Waals surface area contributed by atoms with Gasteiger partial charge in [-0.2, -0.15) is 0 Å². The fraction of sp³-hybridized carbons (Fsp3) is 0.182. The predicted molar refractivity (Wildman–Crippen MR) is 53.9 cm³/mol. The standard InChI is InChI=1S/C11H12FNO/c1-8(13(3)9(2)14)10-4-6-11(12)7-5-10/h4-7H,1H2,2-3H3. The summed E-state index contributed by atoms with van der Waals surface area (Å²) in [5.41, 5.74) is 1.31. The third-order valence-electron chi connectivity index (χ3n) is 2.05. The van der Waals surface area contributed by atoms with Crippen LogP contribution in [-0.4, -0.2) is 17.9 Å². The van der Waals surface area contributed by atoms with Gasteiger partial charge in [0.1, 0.15) is 5.82 Å². The van der Waals surface area contributed by atoms with E-state index in [-0.39, 0.29) is 11.7 Å². The minimum atomic E-state index is -0.299. The van der Waals surface area contributed by atoms with Gasteiger partial charge in [-0.3, -0.25) is 4.79 Å². The first kappa shape index (κ1) is 10.4. The highest BCUT2D eigenvalue weighted by Gasteiger charge is 2.08. The molecule has 1 amide bonds. The molecule has 0 fully saturated rings. The number of nitrogens with zero attached hydrogens (tertiary/aromatic N) is 1. The molecule has 2 nitrogen and oxygen atoms in total. The third kappa shape index (κ3) is 2.19. The number of benzene rings is 1. The van der Waals surface area contributed by atoms with Gasteiger partial charge in [0, 0.05) is 19.7 Å². The Kier molecular flexibility index (Phi) is 3.02. The van der Waals surface area contributed by atoms with Crippen molar-refractivity contribution >= 4 is 11.6 Å². The molecule has 0 atom stereocenters. The molecule has 1 aromatic carbocycles. The largest absolute Gasteiger partial charge is 0.316 e. The summed E-state index contributed by atoms with van der Waals surface area (Å²) in [6.07, 6.45) is 0. The lowest BCUT2D eigenvalue weighted by Crippen LogP contribution is -2.21. The van der Waals surface area contributed by atoms with Crippen LogP contribution in [0.1, 0.15) is 12.5 Å². The Morgan fingerprint density at radius 1 is 1.36 bits per heavy atom. The lowest BCUT2D eigenvalue weighted by molar-refractivity contribution is -0.124. The second-order valence-corrected chi connectivity index (χ2v) is 3.03. The highest BCUT2D eigenvalue weighted by atomic mass is 19.1. The van der Waals surface area contributed by atoms with Crippen molar-refractivity contribution in [3.8, 4) is 0 Å². The molecule has 3 heteroatoms. The summed E-state index contributed by atoms with van der Waals surface area (Å²) in [6, 6.07) is 5.87. The molecule has 0 heterocycles. The van der Waals surface area contributed by atoms with Gasteiger partial charge in [0.25, 0.3) is 0 Å². The van der Waals surface area contributed by atoms with E-state index < -0.39 is 0 Å². The third-order valence-corrected chi connectivity index (χ3v) is 2.05. The van der Waals surface area contributed by atoms with E-state index in [1.165, 1.54) is 24.0 Å². The molecule has 1 rings (SSSR count). The Morgan fingerprint density at radius 2 is 1.86 bits per heavy atom. The molecule has 0 aromatic heterocycles. The number of hydrogen-bond acceptors (Lipinski definition) is 1. The van der Waals surface area contributed by atoms with E-state index in [4.69, 9.17) is 0 Å². The average Bonchev–Trinajstić information content (AvgIpc) is 2.16. The molecule has 0 aliphatic carbocycles. The molecule has 0 spiro atoms. The fourth-order valence-corrected chi connectivity index (χ4v) is 1.03. The topological polar surface area (TPSA) is 20.3 Å². The Balaban J connectivity index is 2.90. The van der Waals surface area contributed by atoms with Crippen LogP contribution in [0.3, 0.4) is 0 Å². The highest BCUT2D eigenvalue weighted by Crippen LogP contribution is 2.15. The fourth-order valence-electron chi connectivity index (χ4n) is 1.03. The van der Waals surface area contributed by atoms with Gasteiger partial charge < -0.3 is 4.90 Å². The Morgan fingerprint density at radius 3 is 2.29 bits per heavy atom. The average molecular weight is 193 g/mol. The van der Waals surface area contributed by atoms with Crippen LogP contribution in [-0.2, 0) is 4.79 Å². The second-order valence-electron chi connectivity index (χ2n) is 3.03. The van der Waals surface area contributed by atoms with Gasteiger partial charge in [-0.25, -0.2) is 4.39 Å². The van der Waals surface area contributed by atoms with Crippen molar-refractivity contribution in [2.45, 2.75) is 6.92 Å². The van der Waals surface area contributed by atoms with Gasteiger partial charge in [0.05, 0.1) is 0 Å². The molecule has 0 aliphatic rings. The lowest BCUT2D eigenvalue weighted by atomic mass is 10.1. The van der Waals surface area contributed by atoms with Crippen LogP contribution in [0.5, 0.6) is 0 Å². The smallest absolute Gasteiger partial charge is 0.223 e. The van der Waals surface area contributed by atoms with Crippen LogP contribution < -0.4 is 0 Å². The first-order chi connectivity index (χ1) is 6.52. The van der Waals surface area contributed by atoms with Crippen LogP contribution >= 0.6 is 0 Å². The highest BCUT2D eigenvalue weighted by molar-refractivity contribution is 5.84. The zero-order valence-electron chi connectivity index (χ0n) is 8.25. The quantitative estimate of drug-likeness (QED) is 0.705. The molecule has 0 radical (unpaired) electrons. The predicted octanol–water partition coefficient (Wildman–Crippen LogP) is 2.27. The first-order valence-corrected chi connectivity index (χ1v) is 4.21. The number of carbonyl (C=O) groups excluding carboxylic acids is 1. The van der Waals surface area contributed by atoms with E-state index in [1.807, 2.05) is 0 Å². The molecule has 0 saturated carbocycles. The van der Waals surface area contributed by atoms with Crippen molar-refractivity contribution in [2.75, 3.05) is 7.05 Å². The molecule has 0 unspecified atom stereocenters. The summed E-state index contributed by atoms with van der Waals surface area (Å²) in [5, 5.41) is 0. The molecule has 0 saturated heterocycles. The number of hydrogen-bond donors (Lipinski definition) is 0. The van der Waals surface area contributed by atoms with Crippen molar-refractivity contribution in [1.82, 2.24) is 4.90 Å². The zero-order valence-corrected chi connectivity index (χ0v) is 8.25.